The maximum Gasteiger partial charge on any atom is 0.264 e. The molecule has 1 unspecified atom stereocenters. The summed E-state index contributed by atoms with van der Waals surface area (Å²) in [5.41, 5.74) is 3.02. The standard InChI is InChI=1S/C22H24N2O3/c1-2-16-7-9-17(10-8-16)21(25)23-11-13-24(14-12-23)22(26)20-15-18-5-3-4-6-19(18)27-20/h3-10,20H,2,11-15H2,1H3. The highest BCUT2D eigenvalue weighted by Crippen LogP contribution is 2.29. The summed E-state index contributed by atoms with van der Waals surface area (Å²) >= 11 is 0. The van der Waals surface area contributed by atoms with E-state index in [1.807, 2.05) is 58.3 Å². The van der Waals surface area contributed by atoms with Crippen LogP contribution in [0, 0.1) is 0 Å². The third-order valence-electron chi connectivity index (χ3n) is 5.41. The monoisotopic (exact) mass is 364 g/mol. The Morgan fingerprint density at radius 3 is 2.30 bits per heavy atom. The van der Waals surface area contributed by atoms with Crippen molar-refractivity contribution in [3.05, 3.63) is 65.2 Å². The fraction of sp³-hybridized carbons (Fsp3) is 0.364. The van der Waals surface area contributed by atoms with Crippen molar-refractivity contribution in [3.63, 3.8) is 0 Å². The molecule has 2 aromatic carbocycles. The average Bonchev–Trinajstić information content (AvgIpc) is 3.17. The Labute approximate surface area is 159 Å². The number of nitrogens with zero attached hydrogens (tertiary/aromatic N) is 2. The van der Waals surface area contributed by atoms with Crippen molar-refractivity contribution < 1.29 is 14.3 Å². The maximum absolute atomic E-state index is 12.8. The molecule has 140 valence electrons. The van der Waals surface area contributed by atoms with Gasteiger partial charge in [0.15, 0.2) is 6.10 Å². The fourth-order valence-corrected chi connectivity index (χ4v) is 3.72. The summed E-state index contributed by atoms with van der Waals surface area (Å²) in [6, 6.07) is 15.6. The molecule has 0 N–H and O–H groups in total. The van der Waals surface area contributed by atoms with Crippen LogP contribution in [0.2, 0.25) is 0 Å². The van der Waals surface area contributed by atoms with E-state index in [2.05, 4.69) is 6.92 Å². The van der Waals surface area contributed by atoms with Gasteiger partial charge in [-0.1, -0.05) is 37.3 Å². The van der Waals surface area contributed by atoms with Crippen LogP contribution in [0.25, 0.3) is 0 Å². The molecule has 2 aromatic rings. The summed E-state index contributed by atoms with van der Waals surface area (Å²) in [6.07, 6.45) is 1.14. The van der Waals surface area contributed by atoms with Gasteiger partial charge < -0.3 is 14.5 Å². The van der Waals surface area contributed by atoms with Crippen molar-refractivity contribution in [2.75, 3.05) is 26.2 Å². The number of benzene rings is 2. The Balaban J connectivity index is 1.33. The van der Waals surface area contributed by atoms with Crippen molar-refractivity contribution in [3.8, 4) is 5.75 Å². The maximum atomic E-state index is 12.8. The Hall–Kier alpha value is -2.82. The topological polar surface area (TPSA) is 49.9 Å². The van der Waals surface area contributed by atoms with Crippen molar-refractivity contribution in [1.82, 2.24) is 9.80 Å². The summed E-state index contributed by atoms with van der Waals surface area (Å²) in [4.78, 5) is 29.1. The highest BCUT2D eigenvalue weighted by molar-refractivity contribution is 5.94. The summed E-state index contributed by atoms with van der Waals surface area (Å²) in [5, 5.41) is 0. The molecule has 4 rings (SSSR count). The number of hydrogen-bond donors (Lipinski definition) is 0. The van der Waals surface area contributed by atoms with E-state index >= 15 is 0 Å². The summed E-state index contributed by atoms with van der Waals surface area (Å²) in [7, 11) is 0. The number of fused-ring (bicyclic) bond motifs is 1. The van der Waals surface area contributed by atoms with E-state index < -0.39 is 6.10 Å². The van der Waals surface area contributed by atoms with Crippen LogP contribution in [-0.4, -0.2) is 53.9 Å². The lowest BCUT2D eigenvalue weighted by molar-refractivity contribution is -0.139. The van der Waals surface area contributed by atoms with Gasteiger partial charge in [-0.05, 0) is 35.7 Å². The first-order valence-corrected chi connectivity index (χ1v) is 9.57. The SMILES string of the molecule is CCc1ccc(C(=O)N2CCN(C(=O)C3Cc4ccccc4O3)CC2)cc1. The van der Waals surface area contributed by atoms with Crippen molar-refractivity contribution >= 4 is 11.8 Å². The molecule has 0 aliphatic carbocycles. The zero-order chi connectivity index (χ0) is 18.8. The van der Waals surface area contributed by atoms with Gasteiger partial charge >= 0.3 is 0 Å². The van der Waals surface area contributed by atoms with Crippen molar-refractivity contribution in [2.24, 2.45) is 0 Å². The van der Waals surface area contributed by atoms with E-state index in [-0.39, 0.29) is 11.8 Å². The predicted octanol–water partition coefficient (Wildman–Crippen LogP) is 2.54. The fourth-order valence-electron chi connectivity index (χ4n) is 3.72. The molecule has 0 saturated carbocycles. The number of para-hydroxylation sites is 1. The van der Waals surface area contributed by atoms with E-state index in [0.29, 0.717) is 38.2 Å². The van der Waals surface area contributed by atoms with Crippen LogP contribution in [0.15, 0.2) is 48.5 Å². The lowest BCUT2D eigenvalue weighted by Crippen LogP contribution is -2.53. The smallest absolute Gasteiger partial charge is 0.264 e. The second-order valence-corrected chi connectivity index (χ2v) is 7.09. The summed E-state index contributed by atoms with van der Waals surface area (Å²) < 4.78 is 5.82. The molecule has 0 bridgehead atoms. The molecule has 5 heteroatoms. The molecule has 5 nitrogen and oxygen atoms in total. The number of piperazine rings is 1. The molecule has 0 spiro atoms. The first kappa shape index (κ1) is 17.6. The lowest BCUT2D eigenvalue weighted by atomic mass is 10.1. The highest BCUT2D eigenvalue weighted by atomic mass is 16.5. The van der Waals surface area contributed by atoms with Crippen LogP contribution in [0.4, 0.5) is 0 Å². The molecule has 27 heavy (non-hydrogen) atoms. The molecule has 2 aliphatic heterocycles. The highest BCUT2D eigenvalue weighted by Gasteiger charge is 2.34. The van der Waals surface area contributed by atoms with Crippen LogP contribution < -0.4 is 4.74 Å². The van der Waals surface area contributed by atoms with E-state index in [1.54, 1.807) is 0 Å². The van der Waals surface area contributed by atoms with Gasteiger partial charge in [-0.15, -0.1) is 0 Å². The molecule has 1 saturated heterocycles. The van der Waals surface area contributed by atoms with Gasteiger partial charge in [0.1, 0.15) is 5.75 Å². The normalized spacial score (nSPS) is 18.8. The third kappa shape index (κ3) is 3.54. The molecule has 2 aliphatic rings. The first-order valence-electron chi connectivity index (χ1n) is 9.57. The number of carbonyl (C=O) groups is 2. The minimum atomic E-state index is -0.439. The Kier molecular flexibility index (Phi) is 4.84. The number of rotatable bonds is 3. The summed E-state index contributed by atoms with van der Waals surface area (Å²) in [5.74, 6) is 0.861. The lowest BCUT2D eigenvalue weighted by Gasteiger charge is -2.35. The van der Waals surface area contributed by atoms with Gasteiger partial charge in [-0.3, -0.25) is 9.59 Å². The van der Waals surface area contributed by atoms with E-state index in [0.717, 1.165) is 17.7 Å². The Morgan fingerprint density at radius 1 is 0.963 bits per heavy atom. The van der Waals surface area contributed by atoms with Crippen LogP contribution >= 0.6 is 0 Å². The zero-order valence-electron chi connectivity index (χ0n) is 15.6. The number of carbonyl (C=O) groups excluding carboxylic acids is 2. The number of aryl methyl sites for hydroxylation is 1. The second kappa shape index (κ2) is 7.43. The van der Waals surface area contributed by atoms with Gasteiger partial charge in [0.25, 0.3) is 11.8 Å². The van der Waals surface area contributed by atoms with Crippen LogP contribution in [0.5, 0.6) is 5.75 Å². The minimum absolute atomic E-state index is 0.0191. The van der Waals surface area contributed by atoms with Gasteiger partial charge in [0.2, 0.25) is 0 Å². The molecular formula is C22H24N2O3. The van der Waals surface area contributed by atoms with Gasteiger partial charge in [0.05, 0.1) is 0 Å². The largest absolute Gasteiger partial charge is 0.480 e. The molecular weight excluding hydrogens is 340 g/mol. The van der Waals surface area contributed by atoms with Crippen LogP contribution in [0.3, 0.4) is 0 Å². The van der Waals surface area contributed by atoms with E-state index in [1.165, 1.54) is 5.56 Å². The third-order valence-corrected chi connectivity index (χ3v) is 5.41. The van der Waals surface area contributed by atoms with Crippen LogP contribution in [-0.2, 0) is 17.6 Å². The number of hydrogen-bond acceptors (Lipinski definition) is 3. The first-order chi connectivity index (χ1) is 13.2. The second-order valence-electron chi connectivity index (χ2n) is 7.09. The summed E-state index contributed by atoms with van der Waals surface area (Å²) in [6.45, 7) is 4.31. The molecule has 0 radical (unpaired) electrons. The molecule has 1 fully saturated rings. The number of amides is 2. The van der Waals surface area contributed by atoms with Gasteiger partial charge in [0, 0.05) is 38.2 Å². The van der Waals surface area contributed by atoms with Crippen molar-refractivity contribution in [2.45, 2.75) is 25.9 Å². The Morgan fingerprint density at radius 2 is 1.63 bits per heavy atom. The average molecular weight is 364 g/mol. The van der Waals surface area contributed by atoms with E-state index in [9.17, 15) is 9.59 Å². The van der Waals surface area contributed by atoms with Gasteiger partial charge in [-0.2, -0.15) is 0 Å². The minimum Gasteiger partial charge on any atom is -0.480 e. The predicted molar refractivity (Wildman–Crippen MR) is 103 cm³/mol. The number of ether oxygens (including phenoxy) is 1. The van der Waals surface area contributed by atoms with E-state index in [4.69, 9.17) is 4.74 Å². The molecule has 2 heterocycles. The molecule has 2 amide bonds. The molecule has 0 aromatic heterocycles. The van der Waals surface area contributed by atoms with Gasteiger partial charge in [-0.25, -0.2) is 0 Å². The zero-order valence-corrected chi connectivity index (χ0v) is 15.6. The quantitative estimate of drug-likeness (QED) is 0.841. The Bertz CT molecular complexity index is 814. The molecule has 1 atom stereocenters. The van der Waals surface area contributed by atoms with Crippen LogP contribution in [0.1, 0.15) is 28.4 Å². The van der Waals surface area contributed by atoms with Crippen molar-refractivity contribution in [1.29, 1.82) is 0 Å².